The van der Waals surface area contributed by atoms with Crippen LogP contribution in [-0.4, -0.2) is 27.2 Å². The van der Waals surface area contributed by atoms with Crippen LogP contribution >= 0.6 is 0 Å². The summed E-state index contributed by atoms with van der Waals surface area (Å²) in [6.07, 6.45) is 0. The monoisotopic (exact) mass is 439 g/mol. The van der Waals surface area contributed by atoms with Crippen molar-refractivity contribution >= 4 is 32.9 Å². The van der Waals surface area contributed by atoms with Crippen molar-refractivity contribution in [3.8, 4) is 11.5 Å². The van der Waals surface area contributed by atoms with Crippen molar-refractivity contribution in [2.75, 3.05) is 14.2 Å². The zero-order valence-corrected chi connectivity index (χ0v) is 17.8. The third-order valence-electron chi connectivity index (χ3n) is 4.24. The summed E-state index contributed by atoms with van der Waals surface area (Å²) in [6.45, 7) is 1.84. The van der Waals surface area contributed by atoms with E-state index in [1.54, 1.807) is 43.5 Å². The van der Waals surface area contributed by atoms with E-state index in [4.69, 9.17) is 9.47 Å². The average Bonchev–Trinajstić information content (AvgIpc) is 2.77. The van der Waals surface area contributed by atoms with E-state index < -0.39 is 10.1 Å². The van der Waals surface area contributed by atoms with Gasteiger partial charge in [0.25, 0.3) is 0 Å². The molecule has 0 aliphatic heterocycles. The lowest BCUT2D eigenvalue weighted by molar-refractivity contribution is 0.414. The number of hydrogen-bond donors (Lipinski definition) is 0. The predicted octanol–water partition coefficient (Wildman–Crippen LogP) is 5.75. The molecule has 0 aliphatic rings. The van der Waals surface area contributed by atoms with Gasteiger partial charge in [0.1, 0.15) is 27.3 Å². The van der Waals surface area contributed by atoms with Crippen LogP contribution in [0.5, 0.6) is 11.5 Å². The fourth-order valence-electron chi connectivity index (χ4n) is 2.56. The first-order valence-electron chi connectivity index (χ1n) is 9.02. The molecule has 0 spiro atoms. The summed E-state index contributed by atoms with van der Waals surface area (Å²) in [4.78, 5) is -0.323. The molecule has 9 nitrogen and oxygen atoms in total. The van der Waals surface area contributed by atoms with E-state index in [1.165, 1.54) is 31.4 Å². The molecule has 0 unspecified atom stereocenters. The van der Waals surface area contributed by atoms with Crippen molar-refractivity contribution in [1.29, 1.82) is 0 Å². The van der Waals surface area contributed by atoms with Gasteiger partial charge in [-0.05, 0) is 67.1 Å². The first kappa shape index (κ1) is 22.1. The summed E-state index contributed by atoms with van der Waals surface area (Å²) in [5, 5.41) is 16.7. The summed E-state index contributed by atoms with van der Waals surface area (Å²) in [5.74, 6) is 1.19. The van der Waals surface area contributed by atoms with Crippen LogP contribution in [0.1, 0.15) is 5.56 Å². The molecule has 31 heavy (non-hydrogen) atoms. The van der Waals surface area contributed by atoms with E-state index in [2.05, 4.69) is 20.5 Å². The number of ether oxygens (including phenoxy) is 2. The van der Waals surface area contributed by atoms with Crippen LogP contribution in [0, 0.1) is 6.92 Å². The summed E-state index contributed by atoms with van der Waals surface area (Å²) in [6, 6.07) is 15.8. The van der Waals surface area contributed by atoms with E-state index >= 15 is 0 Å². The molecule has 0 radical (unpaired) electrons. The van der Waals surface area contributed by atoms with Gasteiger partial charge < -0.3 is 14.0 Å². The molecule has 10 heteroatoms. The second-order valence-electron chi connectivity index (χ2n) is 6.36. The van der Waals surface area contributed by atoms with Gasteiger partial charge in [0, 0.05) is 6.07 Å². The van der Waals surface area contributed by atoms with Crippen LogP contribution in [0.2, 0.25) is 0 Å². The van der Waals surface area contributed by atoms with E-state index in [9.17, 15) is 13.0 Å². The second kappa shape index (κ2) is 9.45. The SMILES string of the molecule is COc1ccc(N=Nc2cc(C)c(N=Nc3ccc(S(=O)(=O)[O-])cc3)cc2OC)cc1. The molecule has 160 valence electrons. The first-order valence-corrected chi connectivity index (χ1v) is 10.4. The van der Waals surface area contributed by atoms with Crippen LogP contribution in [0.25, 0.3) is 0 Å². The standard InChI is InChI=1S/C21H20N4O5S/c1-14-12-20(25-23-15-4-8-17(29-2)9-5-15)21(30-3)13-19(14)24-22-16-6-10-18(11-7-16)31(26,27)28/h4-13H,1-3H3,(H,26,27,28)/p-1. The molecule has 0 heterocycles. The molecular weight excluding hydrogens is 420 g/mol. The molecule has 0 aromatic heterocycles. The molecule has 0 saturated heterocycles. The molecule has 0 saturated carbocycles. The van der Waals surface area contributed by atoms with Crippen LogP contribution in [0.15, 0.2) is 86.0 Å². The number of aryl methyl sites for hydroxylation is 1. The molecule has 0 N–H and O–H groups in total. The van der Waals surface area contributed by atoms with Crippen molar-refractivity contribution in [2.24, 2.45) is 20.5 Å². The third-order valence-corrected chi connectivity index (χ3v) is 5.09. The Kier molecular flexibility index (Phi) is 6.73. The third kappa shape index (κ3) is 5.71. The average molecular weight is 439 g/mol. The molecule has 0 atom stereocenters. The number of nitrogens with zero attached hydrogens (tertiary/aromatic N) is 4. The van der Waals surface area contributed by atoms with Gasteiger partial charge in [-0.1, -0.05) is 0 Å². The van der Waals surface area contributed by atoms with E-state index in [1.807, 2.05) is 6.92 Å². The van der Waals surface area contributed by atoms with Gasteiger partial charge in [0.2, 0.25) is 0 Å². The lowest BCUT2D eigenvalue weighted by Crippen LogP contribution is -1.97. The topological polar surface area (TPSA) is 125 Å². The van der Waals surface area contributed by atoms with Gasteiger partial charge in [0.15, 0.2) is 0 Å². The zero-order chi connectivity index (χ0) is 22.4. The summed E-state index contributed by atoms with van der Waals surface area (Å²) >= 11 is 0. The quantitative estimate of drug-likeness (QED) is 0.342. The maximum Gasteiger partial charge on any atom is 0.148 e. The number of azo groups is 2. The maximum atomic E-state index is 11.0. The number of hydrogen-bond acceptors (Lipinski definition) is 9. The molecule has 0 fully saturated rings. The lowest BCUT2D eigenvalue weighted by atomic mass is 10.1. The maximum absolute atomic E-state index is 11.0. The highest BCUT2D eigenvalue weighted by Crippen LogP contribution is 2.36. The Balaban J connectivity index is 1.83. The Labute approximate surface area is 179 Å². The minimum Gasteiger partial charge on any atom is -0.744 e. The minimum absolute atomic E-state index is 0.323. The smallest absolute Gasteiger partial charge is 0.148 e. The normalized spacial score (nSPS) is 11.9. The largest absolute Gasteiger partial charge is 0.744 e. The summed E-state index contributed by atoms with van der Waals surface area (Å²) in [5.41, 5.74) is 2.91. The van der Waals surface area contributed by atoms with Crippen molar-refractivity contribution in [3.63, 3.8) is 0 Å². The van der Waals surface area contributed by atoms with Crippen molar-refractivity contribution in [3.05, 3.63) is 66.2 Å². The zero-order valence-electron chi connectivity index (χ0n) is 17.0. The number of methoxy groups -OCH3 is 2. The van der Waals surface area contributed by atoms with Gasteiger partial charge in [-0.3, -0.25) is 0 Å². The first-order chi connectivity index (χ1) is 14.8. The summed E-state index contributed by atoms with van der Waals surface area (Å²) < 4.78 is 43.5. The molecule has 0 amide bonds. The van der Waals surface area contributed by atoms with Gasteiger partial charge in [-0.2, -0.15) is 15.3 Å². The molecule has 0 aliphatic carbocycles. The molecule has 0 bridgehead atoms. The minimum atomic E-state index is -4.50. The molecule has 3 aromatic rings. The Hall–Kier alpha value is -3.63. The Morgan fingerprint density at radius 3 is 1.81 bits per heavy atom. The highest BCUT2D eigenvalue weighted by molar-refractivity contribution is 7.85. The predicted molar refractivity (Wildman–Crippen MR) is 113 cm³/mol. The van der Waals surface area contributed by atoms with E-state index in [-0.39, 0.29) is 4.90 Å². The van der Waals surface area contributed by atoms with Gasteiger partial charge in [-0.15, -0.1) is 5.11 Å². The van der Waals surface area contributed by atoms with Gasteiger partial charge in [0.05, 0.1) is 36.2 Å². The Bertz CT molecular complexity index is 1220. The van der Waals surface area contributed by atoms with E-state index in [0.717, 1.165) is 11.3 Å². The summed E-state index contributed by atoms with van der Waals surface area (Å²) in [7, 11) is -1.39. The lowest BCUT2D eigenvalue weighted by Gasteiger charge is -2.08. The van der Waals surface area contributed by atoms with E-state index in [0.29, 0.717) is 28.5 Å². The fraction of sp³-hybridized carbons (Fsp3) is 0.143. The van der Waals surface area contributed by atoms with Gasteiger partial charge in [-0.25, -0.2) is 8.42 Å². The van der Waals surface area contributed by atoms with Crippen molar-refractivity contribution < 1.29 is 22.4 Å². The molecule has 3 rings (SSSR count). The number of benzene rings is 3. The highest BCUT2D eigenvalue weighted by atomic mass is 32.2. The second-order valence-corrected chi connectivity index (χ2v) is 7.74. The molecule has 3 aromatic carbocycles. The highest BCUT2D eigenvalue weighted by Gasteiger charge is 2.08. The Morgan fingerprint density at radius 1 is 0.742 bits per heavy atom. The number of rotatable bonds is 7. The molecular formula is C21H19N4O5S-. The Morgan fingerprint density at radius 2 is 1.29 bits per heavy atom. The fourth-order valence-corrected chi connectivity index (χ4v) is 3.03. The van der Waals surface area contributed by atoms with Crippen LogP contribution in [0.4, 0.5) is 22.7 Å². The van der Waals surface area contributed by atoms with Crippen LogP contribution in [0.3, 0.4) is 0 Å². The van der Waals surface area contributed by atoms with Crippen molar-refractivity contribution in [2.45, 2.75) is 11.8 Å². The van der Waals surface area contributed by atoms with Gasteiger partial charge >= 0.3 is 0 Å². The van der Waals surface area contributed by atoms with Crippen molar-refractivity contribution in [1.82, 2.24) is 0 Å². The van der Waals surface area contributed by atoms with Crippen LogP contribution < -0.4 is 9.47 Å². The van der Waals surface area contributed by atoms with Crippen LogP contribution in [-0.2, 0) is 10.1 Å².